The van der Waals surface area contributed by atoms with Gasteiger partial charge in [0.2, 0.25) is 5.91 Å². The molecule has 1 atom stereocenters. The van der Waals surface area contributed by atoms with Crippen molar-refractivity contribution in [1.29, 1.82) is 0 Å². The number of nitrogens with zero attached hydrogens (tertiary/aromatic N) is 3. The number of benzene rings is 3. The minimum Gasteiger partial charge on any atom is -0.345 e. The summed E-state index contributed by atoms with van der Waals surface area (Å²) in [4.78, 5) is 29.6. The van der Waals surface area contributed by atoms with Crippen molar-refractivity contribution in [2.24, 2.45) is 0 Å². The molecule has 3 aromatic carbocycles. The van der Waals surface area contributed by atoms with Crippen LogP contribution in [0.5, 0.6) is 0 Å². The fourth-order valence-corrected chi connectivity index (χ4v) is 3.50. The molecule has 0 aliphatic carbocycles. The predicted octanol–water partition coefficient (Wildman–Crippen LogP) is 4.79. The Morgan fingerprint density at radius 1 is 0.943 bits per heavy atom. The molecule has 0 radical (unpaired) electrons. The quantitative estimate of drug-likeness (QED) is 0.399. The lowest BCUT2D eigenvalue weighted by Crippen LogP contribution is -2.31. The van der Waals surface area contributed by atoms with E-state index in [1.54, 1.807) is 60.7 Å². The maximum atomic E-state index is 13.3. The smallest absolute Gasteiger partial charge is 0.345 e. The van der Waals surface area contributed by atoms with Gasteiger partial charge in [0.1, 0.15) is 12.7 Å². The number of amides is 2. The number of aromatic nitrogens is 3. The third-order valence-electron chi connectivity index (χ3n) is 5.20. The molecule has 178 valence electrons. The molecule has 1 aromatic heterocycles. The Bertz CT molecular complexity index is 1290. The number of hydrogen-bond acceptors (Lipinski definition) is 4. The molecule has 2 amide bonds. The Labute approximate surface area is 198 Å². The van der Waals surface area contributed by atoms with Crippen molar-refractivity contribution in [1.82, 2.24) is 20.1 Å². The molecule has 4 aromatic rings. The van der Waals surface area contributed by atoms with E-state index in [1.807, 2.05) is 0 Å². The van der Waals surface area contributed by atoms with Crippen molar-refractivity contribution in [2.45, 2.75) is 18.6 Å². The fraction of sp³-hybridized carbons (Fsp3) is 0.120. The summed E-state index contributed by atoms with van der Waals surface area (Å²) in [6.07, 6.45) is -2.27. The highest BCUT2D eigenvalue weighted by Crippen LogP contribution is 2.33. The van der Waals surface area contributed by atoms with E-state index in [0.717, 1.165) is 12.1 Å². The zero-order valence-corrected chi connectivity index (χ0v) is 18.2. The number of nitrogens with one attached hydrogen (secondary N) is 2. The van der Waals surface area contributed by atoms with E-state index >= 15 is 0 Å². The van der Waals surface area contributed by atoms with Gasteiger partial charge in [0.25, 0.3) is 5.91 Å². The van der Waals surface area contributed by atoms with E-state index < -0.39 is 23.7 Å². The van der Waals surface area contributed by atoms with Crippen molar-refractivity contribution in [2.75, 3.05) is 5.32 Å². The Balaban J connectivity index is 1.59. The third-order valence-corrected chi connectivity index (χ3v) is 5.20. The van der Waals surface area contributed by atoms with Gasteiger partial charge in [-0.05, 0) is 35.9 Å². The van der Waals surface area contributed by atoms with E-state index in [2.05, 4.69) is 20.7 Å². The summed E-state index contributed by atoms with van der Waals surface area (Å²) in [5, 5.41) is 9.33. The maximum Gasteiger partial charge on any atom is 0.416 e. The van der Waals surface area contributed by atoms with Gasteiger partial charge in [-0.15, -0.1) is 0 Å². The summed E-state index contributed by atoms with van der Waals surface area (Å²) in [5.41, 5.74) is 0.297. The number of carbonyl (C=O) groups is 2. The van der Waals surface area contributed by atoms with Crippen LogP contribution in [0, 0.1) is 0 Å². The molecule has 35 heavy (non-hydrogen) atoms. The lowest BCUT2D eigenvalue weighted by molar-refractivity contribution is -0.137. The predicted molar refractivity (Wildman–Crippen MR) is 123 cm³/mol. The average Bonchev–Trinajstić information content (AvgIpc) is 3.39. The summed E-state index contributed by atoms with van der Waals surface area (Å²) < 4.78 is 41.2. The molecule has 2 N–H and O–H groups in total. The molecule has 0 fully saturated rings. The van der Waals surface area contributed by atoms with E-state index in [1.165, 1.54) is 23.4 Å². The monoisotopic (exact) mass is 479 g/mol. The first kappa shape index (κ1) is 23.7. The summed E-state index contributed by atoms with van der Waals surface area (Å²) in [6, 6.07) is 19.6. The zero-order chi connectivity index (χ0) is 24.8. The van der Waals surface area contributed by atoms with Crippen molar-refractivity contribution < 1.29 is 22.8 Å². The van der Waals surface area contributed by atoms with Gasteiger partial charge < -0.3 is 10.6 Å². The summed E-state index contributed by atoms with van der Waals surface area (Å²) in [6.45, 7) is 0. The van der Waals surface area contributed by atoms with Crippen LogP contribution in [0.3, 0.4) is 0 Å². The molecule has 0 saturated carbocycles. The van der Waals surface area contributed by atoms with Gasteiger partial charge in [-0.1, -0.05) is 48.5 Å². The second-order valence-corrected chi connectivity index (χ2v) is 7.62. The van der Waals surface area contributed by atoms with E-state index in [-0.39, 0.29) is 23.7 Å². The van der Waals surface area contributed by atoms with Crippen LogP contribution in [-0.2, 0) is 11.0 Å². The highest BCUT2D eigenvalue weighted by atomic mass is 19.4. The molecule has 7 nitrogen and oxygen atoms in total. The zero-order valence-electron chi connectivity index (χ0n) is 18.2. The molecule has 0 aliphatic heterocycles. The molecular weight excluding hydrogens is 459 g/mol. The fourth-order valence-electron chi connectivity index (χ4n) is 3.50. The van der Waals surface area contributed by atoms with Gasteiger partial charge in [0.05, 0.1) is 29.4 Å². The van der Waals surface area contributed by atoms with Crippen LogP contribution in [-0.4, -0.2) is 26.6 Å². The molecular formula is C25H20F3N5O2. The maximum absolute atomic E-state index is 13.3. The van der Waals surface area contributed by atoms with Crippen molar-refractivity contribution >= 4 is 17.5 Å². The number of hydrogen-bond donors (Lipinski definition) is 2. The molecule has 10 heteroatoms. The first-order valence-corrected chi connectivity index (χ1v) is 10.6. The highest BCUT2D eigenvalue weighted by Gasteiger charge is 2.31. The van der Waals surface area contributed by atoms with Crippen molar-refractivity contribution in [3.8, 4) is 5.69 Å². The molecule has 0 aliphatic rings. The van der Waals surface area contributed by atoms with E-state index in [4.69, 9.17) is 0 Å². The number of rotatable bonds is 7. The van der Waals surface area contributed by atoms with Crippen molar-refractivity contribution in [3.63, 3.8) is 0 Å². The van der Waals surface area contributed by atoms with Gasteiger partial charge in [0.15, 0.2) is 0 Å². The van der Waals surface area contributed by atoms with Gasteiger partial charge in [0, 0.05) is 5.56 Å². The molecule has 4 rings (SSSR count). The first-order valence-electron chi connectivity index (χ1n) is 10.6. The van der Waals surface area contributed by atoms with Crippen LogP contribution in [0.1, 0.15) is 33.9 Å². The lowest BCUT2D eigenvalue weighted by Gasteiger charge is -2.20. The van der Waals surface area contributed by atoms with Crippen molar-refractivity contribution in [3.05, 3.63) is 108 Å². The van der Waals surface area contributed by atoms with Crippen LogP contribution in [0.2, 0.25) is 0 Å². The van der Waals surface area contributed by atoms with Crippen LogP contribution < -0.4 is 10.6 Å². The van der Waals surface area contributed by atoms with Gasteiger partial charge >= 0.3 is 6.18 Å². The van der Waals surface area contributed by atoms with E-state index in [9.17, 15) is 22.8 Å². The first-order chi connectivity index (χ1) is 16.8. The van der Waals surface area contributed by atoms with Crippen LogP contribution in [0.25, 0.3) is 5.69 Å². The summed E-state index contributed by atoms with van der Waals surface area (Å²) >= 11 is 0. The molecule has 0 bridgehead atoms. The number of carbonyl (C=O) groups excluding carboxylic acids is 2. The second kappa shape index (κ2) is 10.2. The lowest BCUT2D eigenvalue weighted by atomic mass is 10.0. The highest BCUT2D eigenvalue weighted by molar-refractivity contribution is 5.96. The largest absolute Gasteiger partial charge is 0.416 e. The van der Waals surface area contributed by atoms with Crippen LogP contribution in [0.15, 0.2) is 91.5 Å². The minimum atomic E-state index is -4.60. The van der Waals surface area contributed by atoms with Gasteiger partial charge in [-0.25, -0.2) is 9.67 Å². The third kappa shape index (κ3) is 5.91. The average molecular weight is 479 g/mol. The number of alkyl halides is 3. The molecule has 0 saturated heterocycles. The topological polar surface area (TPSA) is 88.9 Å². The minimum absolute atomic E-state index is 0.0866. The normalized spacial score (nSPS) is 12.1. The number of halogens is 3. The number of anilines is 1. The Hall–Kier alpha value is -4.47. The second-order valence-electron chi connectivity index (χ2n) is 7.62. The van der Waals surface area contributed by atoms with Gasteiger partial charge in [-0.2, -0.15) is 18.3 Å². The Kier molecular flexibility index (Phi) is 6.91. The molecule has 1 heterocycles. The molecule has 0 unspecified atom stereocenters. The molecule has 0 spiro atoms. The van der Waals surface area contributed by atoms with E-state index in [0.29, 0.717) is 11.1 Å². The van der Waals surface area contributed by atoms with Crippen LogP contribution >= 0.6 is 0 Å². The Morgan fingerprint density at radius 3 is 2.26 bits per heavy atom. The van der Waals surface area contributed by atoms with Gasteiger partial charge in [-0.3, -0.25) is 9.59 Å². The Morgan fingerprint density at radius 2 is 1.63 bits per heavy atom. The summed E-state index contributed by atoms with van der Waals surface area (Å²) in [7, 11) is 0. The summed E-state index contributed by atoms with van der Waals surface area (Å²) in [5.74, 6) is -0.970. The standard InChI is InChI=1S/C25H20F3N5O2/c26-25(27,28)19-11-12-22(33-16-29-15-30-33)21(13-19)31-23(34)14-20(17-7-3-1-4-8-17)32-24(35)18-9-5-2-6-10-18/h1-13,15-16,20H,14H2,(H,31,34)(H,32,35)/t20-/m1/s1. The van der Waals surface area contributed by atoms with Crippen LogP contribution in [0.4, 0.5) is 18.9 Å². The SMILES string of the molecule is O=C(C[C@@H](NC(=O)c1ccccc1)c1ccccc1)Nc1cc(C(F)(F)F)ccc1-n1cncn1.